The summed E-state index contributed by atoms with van der Waals surface area (Å²) in [4.78, 5) is 26.4. The van der Waals surface area contributed by atoms with Crippen molar-refractivity contribution >= 4 is 11.9 Å². The van der Waals surface area contributed by atoms with E-state index in [1.807, 2.05) is 0 Å². The van der Waals surface area contributed by atoms with Crippen LogP contribution >= 0.6 is 0 Å². The monoisotopic (exact) mass is 373 g/mol. The number of nitrogens with zero attached hydrogens (tertiary/aromatic N) is 1. The molecule has 2 aromatic rings. The average Bonchev–Trinajstić information content (AvgIpc) is 3.20. The van der Waals surface area contributed by atoms with Crippen molar-refractivity contribution in [3.8, 4) is 0 Å². The smallest absolute Gasteiger partial charge is 0.317 e. The molecule has 1 fully saturated rings. The van der Waals surface area contributed by atoms with Crippen LogP contribution in [0.25, 0.3) is 0 Å². The van der Waals surface area contributed by atoms with Crippen molar-refractivity contribution in [2.24, 2.45) is 5.92 Å². The molecule has 0 unspecified atom stereocenters. The van der Waals surface area contributed by atoms with Gasteiger partial charge in [0, 0.05) is 24.6 Å². The topological polar surface area (TPSA) is 74.6 Å². The largest absolute Gasteiger partial charge is 0.467 e. The molecule has 1 aromatic carbocycles. The van der Waals surface area contributed by atoms with Gasteiger partial charge in [-0.05, 0) is 38.0 Å². The Kier molecular flexibility index (Phi) is 6.11. The number of amides is 3. The Hall–Kier alpha value is -2.83. The van der Waals surface area contributed by atoms with Gasteiger partial charge in [-0.1, -0.05) is 18.2 Å². The van der Waals surface area contributed by atoms with Gasteiger partial charge in [-0.2, -0.15) is 0 Å². The van der Waals surface area contributed by atoms with Gasteiger partial charge in [0.05, 0.1) is 18.8 Å². The molecule has 0 radical (unpaired) electrons. The first-order chi connectivity index (χ1) is 13.0. The highest BCUT2D eigenvalue weighted by atomic mass is 19.1. The SMILES string of the molecule is C[C@@H](NC(=O)C1CCN(C(=O)NCc2ccco2)CC1)c1ccccc1F. The number of carbonyl (C=O) groups excluding carboxylic acids is 2. The maximum absolute atomic E-state index is 13.8. The highest BCUT2D eigenvalue weighted by Gasteiger charge is 2.28. The lowest BCUT2D eigenvalue weighted by atomic mass is 9.95. The third kappa shape index (κ3) is 4.87. The average molecular weight is 373 g/mol. The number of halogens is 1. The summed E-state index contributed by atoms with van der Waals surface area (Å²) in [5.74, 6) is 0.0998. The van der Waals surface area contributed by atoms with E-state index in [9.17, 15) is 14.0 Å². The highest BCUT2D eigenvalue weighted by molar-refractivity contribution is 5.80. The van der Waals surface area contributed by atoms with Gasteiger partial charge in [0.25, 0.3) is 0 Å². The Morgan fingerprint density at radius 2 is 1.96 bits per heavy atom. The molecule has 1 aromatic heterocycles. The Morgan fingerprint density at radius 3 is 2.63 bits per heavy atom. The van der Waals surface area contributed by atoms with Gasteiger partial charge in [-0.25, -0.2) is 9.18 Å². The van der Waals surface area contributed by atoms with E-state index in [1.54, 1.807) is 48.4 Å². The van der Waals surface area contributed by atoms with Crippen LogP contribution in [0.15, 0.2) is 47.1 Å². The van der Waals surface area contributed by atoms with Crippen LogP contribution < -0.4 is 10.6 Å². The van der Waals surface area contributed by atoms with Crippen molar-refractivity contribution in [2.75, 3.05) is 13.1 Å². The first-order valence-corrected chi connectivity index (χ1v) is 9.14. The molecule has 0 saturated carbocycles. The summed E-state index contributed by atoms with van der Waals surface area (Å²) < 4.78 is 19.0. The fourth-order valence-electron chi connectivity index (χ4n) is 3.27. The Morgan fingerprint density at radius 1 is 1.22 bits per heavy atom. The molecule has 3 amide bonds. The zero-order valence-electron chi connectivity index (χ0n) is 15.3. The predicted molar refractivity (Wildman–Crippen MR) is 98.2 cm³/mol. The summed E-state index contributed by atoms with van der Waals surface area (Å²) in [5.41, 5.74) is 0.473. The molecular formula is C20H24FN3O3. The van der Waals surface area contributed by atoms with E-state index < -0.39 is 6.04 Å². The number of piperidine rings is 1. The molecule has 27 heavy (non-hydrogen) atoms. The quantitative estimate of drug-likeness (QED) is 0.845. The predicted octanol–water partition coefficient (Wildman–Crippen LogP) is 3.22. The minimum Gasteiger partial charge on any atom is -0.467 e. The summed E-state index contributed by atoms with van der Waals surface area (Å²) in [7, 11) is 0. The van der Waals surface area contributed by atoms with Gasteiger partial charge in [0.1, 0.15) is 11.6 Å². The lowest BCUT2D eigenvalue weighted by Crippen LogP contribution is -2.46. The van der Waals surface area contributed by atoms with E-state index in [0.29, 0.717) is 43.8 Å². The zero-order valence-corrected chi connectivity index (χ0v) is 15.3. The van der Waals surface area contributed by atoms with Crippen LogP contribution in [0.4, 0.5) is 9.18 Å². The molecule has 144 valence electrons. The number of carbonyl (C=O) groups is 2. The van der Waals surface area contributed by atoms with Gasteiger partial charge in [0.2, 0.25) is 5.91 Å². The van der Waals surface area contributed by atoms with Crippen molar-refractivity contribution in [1.29, 1.82) is 0 Å². The Bertz CT molecular complexity index is 771. The van der Waals surface area contributed by atoms with Gasteiger partial charge < -0.3 is 20.0 Å². The van der Waals surface area contributed by atoms with Crippen molar-refractivity contribution in [3.05, 3.63) is 59.8 Å². The number of nitrogens with one attached hydrogen (secondary N) is 2. The second-order valence-corrected chi connectivity index (χ2v) is 6.75. The summed E-state index contributed by atoms with van der Waals surface area (Å²) >= 11 is 0. The van der Waals surface area contributed by atoms with E-state index in [4.69, 9.17) is 4.42 Å². The zero-order chi connectivity index (χ0) is 19.2. The normalized spacial score (nSPS) is 16.0. The number of rotatable bonds is 5. The van der Waals surface area contributed by atoms with Crippen LogP contribution in [-0.4, -0.2) is 29.9 Å². The van der Waals surface area contributed by atoms with Crippen molar-refractivity contribution < 1.29 is 18.4 Å². The summed E-state index contributed by atoms with van der Waals surface area (Å²) in [6.07, 6.45) is 2.74. The summed E-state index contributed by atoms with van der Waals surface area (Å²) in [6.45, 7) is 3.13. The number of furan rings is 1. The minimum atomic E-state index is -0.395. The van der Waals surface area contributed by atoms with Gasteiger partial charge >= 0.3 is 6.03 Å². The first kappa shape index (κ1) is 18.9. The molecule has 1 atom stereocenters. The Balaban J connectivity index is 1.45. The van der Waals surface area contributed by atoms with Crippen LogP contribution in [0.2, 0.25) is 0 Å². The number of urea groups is 1. The van der Waals surface area contributed by atoms with E-state index in [-0.39, 0.29) is 23.7 Å². The number of hydrogen-bond donors (Lipinski definition) is 2. The molecular weight excluding hydrogens is 349 g/mol. The van der Waals surface area contributed by atoms with Crippen LogP contribution in [-0.2, 0) is 11.3 Å². The summed E-state index contributed by atoms with van der Waals surface area (Å²) in [5, 5.41) is 5.69. The molecule has 1 aliphatic rings. The molecule has 6 nitrogen and oxygen atoms in total. The maximum atomic E-state index is 13.8. The van der Waals surface area contributed by atoms with Crippen molar-refractivity contribution in [3.63, 3.8) is 0 Å². The second kappa shape index (κ2) is 8.70. The first-order valence-electron chi connectivity index (χ1n) is 9.14. The van der Waals surface area contributed by atoms with Gasteiger partial charge in [-0.15, -0.1) is 0 Å². The van der Waals surface area contributed by atoms with E-state index >= 15 is 0 Å². The van der Waals surface area contributed by atoms with Crippen LogP contribution in [0, 0.1) is 11.7 Å². The molecule has 0 bridgehead atoms. The lowest BCUT2D eigenvalue weighted by molar-refractivity contribution is -0.126. The number of likely N-dealkylation sites (tertiary alicyclic amines) is 1. The fraction of sp³-hybridized carbons (Fsp3) is 0.400. The third-order valence-corrected chi connectivity index (χ3v) is 4.88. The second-order valence-electron chi connectivity index (χ2n) is 6.75. The van der Waals surface area contributed by atoms with Crippen LogP contribution in [0.1, 0.15) is 37.1 Å². The molecule has 1 saturated heterocycles. The fourth-order valence-corrected chi connectivity index (χ4v) is 3.27. The van der Waals surface area contributed by atoms with E-state index in [0.717, 1.165) is 0 Å². The minimum absolute atomic E-state index is 0.0959. The molecule has 2 heterocycles. The standard InChI is InChI=1S/C20H24FN3O3/c1-14(17-6-2-3-7-18(17)21)23-19(25)15-8-10-24(11-9-15)20(26)22-13-16-5-4-12-27-16/h2-7,12,14-15H,8-11,13H2,1H3,(H,22,26)(H,23,25)/t14-/m1/s1. The molecule has 0 aliphatic carbocycles. The Labute approximate surface area is 157 Å². The molecule has 2 N–H and O–H groups in total. The van der Waals surface area contributed by atoms with E-state index in [1.165, 1.54) is 6.07 Å². The molecule has 0 spiro atoms. The maximum Gasteiger partial charge on any atom is 0.317 e. The highest BCUT2D eigenvalue weighted by Crippen LogP contribution is 2.21. The van der Waals surface area contributed by atoms with Crippen molar-refractivity contribution in [2.45, 2.75) is 32.4 Å². The van der Waals surface area contributed by atoms with Crippen LogP contribution in [0.5, 0.6) is 0 Å². The number of hydrogen-bond acceptors (Lipinski definition) is 3. The van der Waals surface area contributed by atoms with Gasteiger partial charge in [-0.3, -0.25) is 4.79 Å². The van der Waals surface area contributed by atoms with Crippen LogP contribution in [0.3, 0.4) is 0 Å². The number of benzene rings is 1. The van der Waals surface area contributed by atoms with Gasteiger partial charge in [0.15, 0.2) is 0 Å². The molecule has 1 aliphatic heterocycles. The van der Waals surface area contributed by atoms with Crippen molar-refractivity contribution in [1.82, 2.24) is 15.5 Å². The third-order valence-electron chi connectivity index (χ3n) is 4.88. The summed E-state index contributed by atoms with van der Waals surface area (Å²) in [6, 6.07) is 9.45. The molecule has 7 heteroatoms. The molecule has 3 rings (SSSR count). The lowest BCUT2D eigenvalue weighted by Gasteiger charge is -2.32. The van der Waals surface area contributed by atoms with E-state index in [2.05, 4.69) is 10.6 Å².